The fourth-order valence-electron chi connectivity index (χ4n) is 16.8. The minimum absolute atomic E-state index is 0. The number of aryl methyl sites for hydroxylation is 6. The number of fused-ring (bicyclic) bond motifs is 18. The first-order valence-corrected chi connectivity index (χ1v) is 42.1. The monoisotopic (exact) mass is 1800 g/mol. The Hall–Kier alpha value is -16.6. The molecule has 24 rings (SSSR count). The van der Waals surface area contributed by atoms with Gasteiger partial charge in [0.05, 0.1) is 99.2 Å². The minimum Gasteiger partial charge on any atom is -1.00 e. The van der Waals surface area contributed by atoms with E-state index in [2.05, 4.69) is 285 Å². The molecule has 27 nitrogen and oxygen atoms in total. The summed E-state index contributed by atoms with van der Waals surface area (Å²) in [6.45, 7) is 0. The largest absolute Gasteiger partial charge is 3.00 e. The summed E-state index contributed by atoms with van der Waals surface area (Å²) in [6, 6.07) is 33.6. The molecule has 0 amide bonds. The zero-order valence-corrected chi connectivity index (χ0v) is 74.9. The van der Waals surface area contributed by atoms with Crippen molar-refractivity contribution < 1.29 is 43.8 Å². The third-order valence-electron chi connectivity index (χ3n) is 23.0. The van der Waals surface area contributed by atoms with Crippen LogP contribution in [0.1, 0.15) is 86.6 Å². The van der Waals surface area contributed by atoms with E-state index >= 15 is 0 Å². The molecule has 29 heteroatoms. The van der Waals surface area contributed by atoms with Crippen LogP contribution in [0.4, 0.5) is 0 Å². The van der Waals surface area contributed by atoms with Crippen molar-refractivity contribution in [2.75, 3.05) is 21.1 Å². The van der Waals surface area contributed by atoms with Crippen LogP contribution in [0.15, 0.2) is 352 Å². The summed E-state index contributed by atoms with van der Waals surface area (Å²) >= 11 is 0. The van der Waals surface area contributed by atoms with E-state index in [1.165, 1.54) is 11.4 Å². The van der Waals surface area contributed by atoms with E-state index in [0.29, 0.717) is 5.82 Å². The fourth-order valence-corrected chi connectivity index (χ4v) is 16.8. The van der Waals surface area contributed by atoms with Gasteiger partial charge in [-0.1, -0.05) is 19.6 Å². The second-order valence-corrected chi connectivity index (χ2v) is 32.0. The van der Waals surface area contributed by atoms with Crippen LogP contribution in [0, 0.1) is 0 Å². The van der Waals surface area contributed by atoms with E-state index in [1.807, 2.05) is 158 Å². The quantitative estimate of drug-likeness (QED) is 0.0377. The van der Waals surface area contributed by atoms with Gasteiger partial charge in [0.15, 0.2) is 17.7 Å². The molecular weight excluding hydrogens is 1710 g/mol. The van der Waals surface area contributed by atoms with Gasteiger partial charge in [0.2, 0.25) is 11.4 Å². The molecule has 132 heavy (non-hydrogen) atoms. The van der Waals surface area contributed by atoms with Crippen molar-refractivity contribution >= 4 is 121 Å². The number of aromatic nitrogens is 16. The van der Waals surface area contributed by atoms with Crippen molar-refractivity contribution in [1.29, 1.82) is 0 Å². The first-order valence-electron chi connectivity index (χ1n) is 42.1. The molecule has 652 valence electrons. The van der Waals surface area contributed by atoms with Crippen molar-refractivity contribution in [2.45, 2.75) is 13.8 Å². The van der Waals surface area contributed by atoms with Gasteiger partial charge in [0, 0.05) is 206 Å². The zero-order chi connectivity index (χ0) is 87.9. The zero-order valence-electron chi connectivity index (χ0n) is 72.9. The Morgan fingerprint density at radius 3 is 1.48 bits per heavy atom. The van der Waals surface area contributed by atoms with Crippen LogP contribution in [0.5, 0.6) is 0 Å². The maximum Gasteiger partial charge on any atom is 3.00 e. The number of aromatic amines is 4. The van der Waals surface area contributed by atoms with Gasteiger partial charge in [-0.3, -0.25) is 14.8 Å². The number of nitrogens with zero attached hydrogens (tertiary/aromatic N) is 20. The average Bonchev–Trinajstić information content (AvgIpc) is 1.63. The molecule has 0 aliphatic carbocycles. The van der Waals surface area contributed by atoms with E-state index < -0.39 is 0 Å². The third kappa shape index (κ3) is 17.9. The SMILES string of the molecule is C.CN1C=CN(C)C1=C1C2=NC(=CC3=[NH+]C(=C(c4n(C)cc[n+]4C)C4=NC(=Cc5ccc1[nH]5)C=C4)C=C3)C=C2.CN1C=CNC1=C1C2=NC(=CC3=NC(=C(c4nccn4C)C4=NC(=Cc5ccc1[nH]5)C=C4)C=C3)C=C2.Cn1ccnc1-c1c2nc(cc3ccc([cH-]3)c(-c3nccn3C)c3nc(cc4ccc1[cH-]4)C=C3)C=C2.Cn1ccnc1C=O.[Cl-].[Mn+3].c1c[nH]c(Cc2ccc[nH]2)c1. The summed E-state index contributed by atoms with van der Waals surface area (Å²) in [5, 5.41) is 7.69. The summed E-state index contributed by atoms with van der Waals surface area (Å²) < 4.78 is 12.0. The maximum atomic E-state index is 10.0. The van der Waals surface area contributed by atoms with Crippen molar-refractivity contribution in [3.05, 3.63) is 402 Å². The molecule has 0 unspecified atom stereocenters. The Bertz CT molecular complexity index is 7420. The Balaban J connectivity index is 0.000000124. The number of aliphatic imine (C=N–C) groups is 5. The standard InChI is InChI=1S/C30H27N8.C30H22N6.C28H22N8.C9H10N2.C5H6N2O.CH4.ClH.Mn/c1-35-13-14-36(2)29(35)27-23-9-5-19(31-23)17-21-7-11-25(33-21)28(30-37(3)15-16-38(30)4)26-12-8-22(34-26)18-20-6-10-24(27)32-20;1-35-13-11-31-29(35)27-21-5-3-19(15-21)17-24-8-10-26(34-24)28(30-32-12-14-36(30)2)22-6-4-20(16-22)18-23-7-9-25(27)33-23;1-35-13-11-29-27(35)25-21-7-3-17(31-21)15-19-5-9-23(33-19)26(28-30-12-14-36(28)2)24-10-6-20(34-24)16-18-4-8-22(25)32-18;1-3-8(10-5-1)7-9-4-2-6-11-9;1-7-3-2-6-5(7)4-8;;;/h5-18,31H,1-4H3;3-18H,1-2H3;3-16,29,31H,1-2H3;1-6,10-11H,7H2;2-4H,1H3;1H4;1H;/q+1;-2;;;;;;+3. The molecule has 12 aliphatic heterocycles. The molecule has 24 bridgehead atoms. The molecule has 0 fully saturated rings. The van der Waals surface area contributed by atoms with Crippen molar-refractivity contribution in [3.63, 3.8) is 0 Å². The van der Waals surface area contributed by atoms with Gasteiger partial charge in [-0.05, 0) is 163 Å². The number of carbonyl (C=O) groups is 1. The fraction of sp³-hybridized carbons (Fsp3) is 0.107. The number of nitrogens with one attached hydrogen (secondary N) is 6. The molecule has 0 radical (unpaired) electrons. The molecule has 0 saturated carbocycles. The van der Waals surface area contributed by atoms with Gasteiger partial charge in [-0.2, -0.15) is 24.3 Å². The Kier molecular flexibility index (Phi) is 24.8. The molecular formula is C103H92ClMnN26O+2. The molecule has 10 aromatic heterocycles. The van der Waals surface area contributed by atoms with E-state index in [-0.39, 0.29) is 36.9 Å². The predicted octanol–water partition coefficient (Wildman–Crippen LogP) is 12.1. The molecule has 0 atom stereocenters. The van der Waals surface area contributed by atoms with Gasteiger partial charge in [0.1, 0.15) is 41.5 Å². The van der Waals surface area contributed by atoms with Gasteiger partial charge < -0.3 is 70.6 Å². The van der Waals surface area contributed by atoms with Crippen LogP contribution in [-0.4, -0.2) is 149 Å². The van der Waals surface area contributed by atoms with Crippen LogP contribution >= 0.6 is 0 Å². The average molecular weight is 1800 g/mol. The van der Waals surface area contributed by atoms with Gasteiger partial charge in [0.25, 0.3) is 5.82 Å². The van der Waals surface area contributed by atoms with Crippen LogP contribution < -0.4 is 27.3 Å². The second-order valence-electron chi connectivity index (χ2n) is 32.0. The molecule has 2 aromatic carbocycles. The molecule has 0 spiro atoms. The van der Waals surface area contributed by atoms with Crippen molar-refractivity contribution in [2.24, 2.45) is 67.2 Å². The minimum atomic E-state index is 0. The van der Waals surface area contributed by atoms with Crippen molar-refractivity contribution in [1.82, 2.24) is 92.7 Å². The number of carbonyl (C=O) groups excluding carboxylic acids is 1. The summed E-state index contributed by atoms with van der Waals surface area (Å²) in [5.41, 5.74) is 26.7. The van der Waals surface area contributed by atoms with Crippen LogP contribution in [-0.2, 0) is 65.8 Å². The molecule has 0 saturated heterocycles. The number of hydrogen-bond donors (Lipinski definition) is 6. The number of aldehydes is 1. The second kappa shape index (κ2) is 37.4. The number of imidazole rings is 5. The summed E-state index contributed by atoms with van der Waals surface area (Å²) in [4.78, 5) is 85.9. The Labute approximate surface area is 778 Å². The van der Waals surface area contributed by atoms with Crippen LogP contribution in [0.3, 0.4) is 0 Å². The smallest absolute Gasteiger partial charge is 1.00 e. The van der Waals surface area contributed by atoms with Gasteiger partial charge in [-0.15, -0.1) is 33.7 Å². The normalized spacial score (nSPS) is 16.4. The molecule has 22 heterocycles. The van der Waals surface area contributed by atoms with E-state index in [4.69, 9.17) is 34.9 Å². The first-order chi connectivity index (χ1) is 63.0. The van der Waals surface area contributed by atoms with Gasteiger partial charge >= 0.3 is 17.1 Å². The Morgan fingerprint density at radius 2 is 0.985 bits per heavy atom. The molecule has 6 N–H and O–H groups in total. The summed E-state index contributed by atoms with van der Waals surface area (Å²) in [7, 11) is 18.0. The van der Waals surface area contributed by atoms with E-state index in [0.717, 1.165) is 217 Å². The first kappa shape index (κ1) is 87.5. The summed E-state index contributed by atoms with van der Waals surface area (Å²) in [6.07, 6.45) is 73.5. The third-order valence-corrected chi connectivity index (χ3v) is 23.0. The predicted molar refractivity (Wildman–Crippen MR) is 519 cm³/mol. The number of rotatable bonds is 7. The van der Waals surface area contributed by atoms with Crippen molar-refractivity contribution in [3.8, 4) is 22.8 Å². The van der Waals surface area contributed by atoms with Crippen LogP contribution in [0.2, 0.25) is 0 Å². The number of H-pyrrole nitrogens is 4. The maximum absolute atomic E-state index is 10.0. The summed E-state index contributed by atoms with van der Waals surface area (Å²) in [5.74, 6) is 6.15. The topological polar surface area (TPSA) is 284 Å². The molecule has 12 aliphatic rings. The van der Waals surface area contributed by atoms with Gasteiger partial charge in [-0.25, -0.2) is 59.0 Å². The van der Waals surface area contributed by atoms with Crippen LogP contribution in [0.25, 0.3) is 103 Å². The van der Waals surface area contributed by atoms with E-state index in [9.17, 15) is 4.79 Å². The Morgan fingerprint density at radius 1 is 0.470 bits per heavy atom. The number of hydrogen-bond acceptors (Lipinski definition) is 16. The molecule has 12 aromatic rings. The number of halogens is 1. The van der Waals surface area contributed by atoms with E-state index in [1.54, 1.807) is 30.2 Å². The number of allylic oxidation sites excluding steroid dienone is 18.